The fourth-order valence-electron chi connectivity index (χ4n) is 1.37. The lowest BCUT2D eigenvalue weighted by Gasteiger charge is -2.19. The Morgan fingerprint density at radius 1 is 1.06 bits per heavy atom. The molecule has 0 unspecified atom stereocenters. The van der Waals surface area contributed by atoms with Crippen LogP contribution in [0.15, 0.2) is 16.4 Å². The summed E-state index contributed by atoms with van der Waals surface area (Å²) >= 11 is 12.2. The van der Waals surface area contributed by atoms with Crippen LogP contribution < -0.4 is 4.90 Å². The minimum absolute atomic E-state index is 0.355. The van der Waals surface area contributed by atoms with E-state index in [1.807, 2.05) is 0 Å². The Labute approximate surface area is 109 Å². The standard InChI is InChI=1S/C10H11Cl2N3O2/c1-15(2)10-8(11)6(4-13-16)3-7(5-14-17)9(10)12/h3-5,16-17H,1-2H3. The van der Waals surface area contributed by atoms with E-state index in [1.54, 1.807) is 25.1 Å². The summed E-state index contributed by atoms with van der Waals surface area (Å²) in [4.78, 5) is 1.72. The molecule has 17 heavy (non-hydrogen) atoms. The van der Waals surface area contributed by atoms with Gasteiger partial charge in [-0.15, -0.1) is 0 Å². The maximum Gasteiger partial charge on any atom is 0.0753 e. The van der Waals surface area contributed by atoms with Gasteiger partial charge in [0.25, 0.3) is 0 Å². The molecule has 2 N–H and O–H groups in total. The summed E-state index contributed by atoms with van der Waals surface area (Å²) in [5, 5.41) is 23.6. The van der Waals surface area contributed by atoms with Gasteiger partial charge in [0.1, 0.15) is 0 Å². The molecule has 0 aliphatic rings. The van der Waals surface area contributed by atoms with Crippen LogP contribution in [0.1, 0.15) is 11.1 Å². The molecule has 0 spiro atoms. The third kappa shape index (κ3) is 2.81. The quantitative estimate of drug-likeness (QED) is 0.506. The molecule has 0 amide bonds. The van der Waals surface area contributed by atoms with Crippen molar-refractivity contribution in [1.82, 2.24) is 0 Å². The van der Waals surface area contributed by atoms with Crippen LogP contribution in [0.2, 0.25) is 10.0 Å². The Kier molecular flexibility index (Phi) is 4.60. The normalized spacial score (nSPS) is 11.5. The second kappa shape index (κ2) is 5.75. The summed E-state index contributed by atoms with van der Waals surface area (Å²) in [5.41, 5.74) is 1.50. The molecular weight excluding hydrogens is 265 g/mol. The van der Waals surface area contributed by atoms with Gasteiger partial charge in [0.15, 0.2) is 0 Å². The first-order valence-electron chi connectivity index (χ1n) is 4.57. The van der Waals surface area contributed by atoms with Crippen molar-refractivity contribution in [2.75, 3.05) is 19.0 Å². The van der Waals surface area contributed by atoms with E-state index in [-0.39, 0.29) is 0 Å². The molecule has 0 aliphatic carbocycles. The highest BCUT2D eigenvalue weighted by atomic mass is 35.5. The molecule has 0 atom stereocenters. The van der Waals surface area contributed by atoms with Gasteiger partial charge < -0.3 is 15.3 Å². The second-order valence-electron chi connectivity index (χ2n) is 3.42. The molecule has 0 radical (unpaired) electrons. The Balaban J connectivity index is 3.57. The lowest BCUT2D eigenvalue weighted by molar-refractivity contribution is 0.322. The smallest absolute Gasteiger partial charge is 0.0753 e. The Morgan fingerprint density at radius 3 is 1.76 bits per heavy atom. The monoisotopic (exact) mass is 275 g/mol. The molecule has 0 aliphatic heterocycles. The molecule has 1 rings (SSSR count). The number of rotatable bonds is 3. The van der Waals surface area contributed by atoms with E-state index in [1.165, 1.54) is 12.4 Å². The van der Waals surface area contributed by atoms with E-state index in [9.17, 15) is 0 Å². The van der Waals surface area contributed by atoms with Gasteiger partial charge in [0.2, 0.25) is 0 Å². The van der Waals surface area contributed by atoms with Gasteiger partial charge in [-0.3, -0.25) is 0 Å². The van der Waals surface area contributed by atoms with Gasteiger partial charge in [-0.1, -0.05) is 33.5 Å². The summed E-state index contributed by atoms with van der Waals surface area (Å²) in [7, 11) is 3.54. The number of benzene rings is 1. The van der Waals surface area contributed by atoms with Crippen LogP contribution in [0.25, 0.3) is 0 Å². The van der Waals surface area contributed by atoms with Crippen LogP contribution in [-0.2, 0) is 0 Å². The van der Waals surface area contributed by atoms with Crippen molar-refractivity contribution in [1.29, 1.82) is 0 Å². The van der Waals surface area contributed by atoms with Crippen molar-refractivity contribution in [2.45, 2.75) is 0 Å². The highest BCUT2D eigenvalue weighted by Crippen LogP contribution is 2.36. The van der Waals surface area contributed by atoms with Crippen molar-refractivity contribution < 1.29 is 10.4 Å². The lowest BCUT2D eigenvalue weighted by atomic mass is 10.1. The molecule has 1 aromatic carbocycles. The number of anilines is 1. The zero-order valence-electron chi connectivity index (χ0n) is 9.22. The highest BCUT2D eigenvalue weighted by Gasteiger charge is 2.15. The number of halogens is 2. The third-order valence-corrected chi connectivity index (χ3v) is 2.87. The fourth-order valence-corrected chi connectivity index (χ4v) is 2.15. The van der Waals surface area contributed by atoms with Gasteiger partial charge in [-0.25, -0.2) is 0 Å². The molecule has 5 nitrogen and oxygen atoms in total. The average molecular weight is 276 g/mol. The first-order chi connectivity index (χ1) is 8.02. The number of hydrogen-bond donors (Lipinski definition) is 2. The molecule has 0 aromatic heterocycles. The van der Waals surface area contributed by atoms with Gasteiger partial charge in [-0.05, 0) is 6.07 Å². The van der Waals surface area contributed by atoms with Gasteiger partial charge >= 0.3 is 0 Å². The number of oxime groups is 2. The molecule has 1 aromatic rings. The maximum absolute atomic E-state index is 8.54. The molecule has 0 fully saturated rings. The largest absolute Gasteiger partial charge is 0.411 e. The Morgan fingerprint density at radius 2 is 1.47 bits per heavy atom. The molecule has 0 saturated carbocycles. The van der Waals surface area contributed by atoms with Crippen molar-refractivity contribution in [3.63, 3.8) is 0 Å². The zero-order chi connectivity index (χ0) is 13.0. The van der Waals surface area contributed by atoms with Crippen LogP contribution in [0.4, 0.5) is 5.69 Å². The topological polar surface area (TPSA) is 68.4 Å². The molecule has 92 valence electrons. The minimum atomic E-state index is 0.355. The molecule has 0 bridgehead atoms. The third-order valence-electron chi connectivity index (χ3n) is 2.07. The van der Waals surface area contributed by atoms with E-state index < -0.39 is 0 Å². The van der Waals surface area contributed by atoms with Crippen LogP contribution in [0, 0.1) is 0 Å². The molecule has 7 heteroatoms. The first-order valence-corrected chi connectivity index (χ1v) is 5.32. The number of nitrogens with zero attached hydrogens (tertiary/aromatic N) is 3. The summed E-state index contributed by atoms with van der Waals surface area (Å²) < 4.78 is 0. The summed E-state index contributed by atoms with van der Waals surface area (Å²) in [6.45, 7) is 0. The van der Waals surface area contributed by atoms with Gasteiger partial charge in [0, 0.05) is 25.2 Å². The maximum atomic E-state index is 8.54. The summed E-state index contributed by atoms with van der Waals surface area (Å²) in [5.74, 6) is 0. The van der Waals surface area contributed by atoms with Gasteiger partial charge in [0.05, 0.1) is 28.2 Å². The molecule has 0 saturated heterocycles. The summed E-state index contributed by atoms with van der Waals surface area (Å²) in [6.07, 6.45) is 2.36. The van der Waals surface area contributed by atoms with E-state index in [4.69, 9.17) is 33.6 Å². The van der Waals surface area contributed by atoms with E-state index in [0.29, 0.717) is 26.9 Å². The molecule has 0 heterocycles. The first kappa shape index (κ1) is 13.6. The van der Waals surface area contributed by atoms with E-state index in [2.05, 4.69) is 10.3 Å². The molecular formula is C10H11Cl2N3O2. The fraction of sp³-hybridized carbons (Fsp3) is 0.200. The Hall–Kier alpha value is -1.46. The van der Waals surface area contributed by atoms with Crippen LogP contribution in [-0.4, -0.2) is 36.9 Å². The van der Waals surface area contributed by atoms with Crippen LogP contribution in [0.3, 0.4) is 0 Å². The number of hydrogen-bond acceptors (Lipinski definition) is 5. The lowest BCUT2D eigenvalue weighted by Crippen LogP contribution is -2.12. The van der Waals surface area contributed by atoms with E-state index >= 15 is 0 Å². The minimum Gasteiger partial charge on any atom is -0.411 e. The zero-order valence-corrected chi connectivity index (χ0v) is 10.7. The van der Waals surface area contributed by atoms with Gasteiger partial charge in [-0.2, -0.15) is 0 Å². The second-order valence-corrected chi connectivity index (χ2v) is 4.17. The van der Waals surface area contributed by atoms with Crippen molar-refractivity contribution in [3.05, 3.63) is 27.2 Å². The van der Waals surface area contributed by atoms with Crippen LogP contribution >= 0.6 is 23.2 Å². The average Bonchev–Trinajstić information content (AvgIpc) is 2.25. The van der Waals surface area contributed by atoms with Crippen LogP contribution in [0.5, 0.6) is 0 Å². The van der Waals surface area contributed by atoms with Crippen molar-refractivity contribution in [3.8, 4) is 0 Å². The highest BCUT2D eigenvalue weighted by molar-refractivity contribution is 6.42. The predicted octanol–water partition coefficient (Wildman–Crippen LogP) is 2.68. The summed E-state index contributed by atoms with van der Waals surface area (Å²) in [6, 6.07) is 1.55. The van der Waals surface area contributed by atoms with Crippen molar-refractivity contribution in [2.24, 2.45) is 10.3 Å². The Bertz CT molecular complexity index is 437. The SMILES string of the molecule is CN(C)c1c(Cl)c(C=NO)cc(C=NO)c1Cl. The van der Waals surface area contributed by atoms with Crippen molar-refractivity contribution >= 4 is 41.3 Å². The predicted molar refractivity (Wildman–Crippen MR) is 69.5 cm³/mol. The van der Waals surface area contributed by atoms with E-state index in [0.717, 1.165) is 0 Å².